The first kappa shape index (κ1) is 12.4. The van der Waals surface area contributed by atoms with Crippen molar-refractivity contribution >= 4 is 16.7 Å². The molecule has 94 valence electrons. The molecule has 0 fully saturated rings. The molecule has 0 heterocycles. The Labute approximate surface area is 106 Å². The van der Waals surface area contributed by atoms with Gasteiger partial charge in [0.1, 0.15) is 5.75 Å². The zero-order valence-electron chi connectivity index (χ0n) is 10.5. The van der Waals surface area contributed by atoms with Gasteiger partial charge < -0.3 is 9.84 Å². The zero-order valence-corrected chi connectivity index (χ0v) is 10.5. The standard InChI is InChI=1S/C15H16O3/c1-3-10(2)18-15(17)13-5-4-12-9-14(16)7-6-11(12)8-13/h4-10,16H,3H2,1-2H3. The van der Waals surface area contributed by atoms with Gasteiger partial charge in [0.05, 0.1) is 11.7 Å². The molecule has 2 aromatic rings. The van der Waals surface area contributed by atoms with Crippen LogP contribution < -0.4 is 0 Å². The summed E-state index contributed by atoms with van der Waals surface area (Å²) < 4.78 is 5.27. The lowest BCUT2D eigenvalue weighted by molar-refractivity contribution is 0.0334. The monoisotopic (exact) mass is 244 g/mol. The van der Waals surface area contributed by atoms with Crippen LogP contribution in [0.4, 0.5) is 0 Å². The molecule has 0 saturated heterocycles. The summed E-state index contributed by atoms with van der Waals surface area (Å²) in [5, 5.41) is 11.2. The van der Waals surface area contributed by atoms with Crippen LogP contribution in [-0.2, 0) is 4.74 Å². The lowest BCUT2D eigenvalue weighted by atomic mass is 10.1. The molecule has 0 spiro atoms. The molecular weight excluding hydrogens is 228 g/mol. The number of hydrogen-bond acceptors (Lipinski definition) is 3. The van der Waals surface area contributed by atoms with Gasteiger partial charge in [0.25, 0.3) is 0 Å². The molecule has 3 heteroatoms. The molecule has 0 aromatic heterocycles. The second kappa shape index (κ2) is 5.08. The maximum atomic E-state index is 11.9. The first-order chi connectivity index (χ1) is 8.60. The van der Waals surface area contributed by atoms with E-state index in [1.807, 2.05) is 19.9 Å². The van der Waals surface area contributed by atoms with Gasteiger partial charge in [0.2, 0.25) is 0 Å². The summed E-state index contributed by atoms with van der Waals surface area (Å²) in [7, 11) is 0. The van der Waals surface area contributed by atoms with Gasteiger partial charge in [-0.1, -0.05) is 19.1 Å². The molecule has 0 bridgehead atoms. The number of rotatable bonds is 3. The van der Waals surface area contributed by atoms with Crippen molar-refractivity contribution in [3.05, 3.63) is 42.0 Å². The van der Waals surface area contributed by atoms with Crippen LogP contribution in [-0.4, -0.2) is 17.2 Å². The Balaban J connectivity index is 2.30. The Hall–Kier alpha value is -2.03. The van der Waals surface area contributed by atoms with Crippen molar-refractivity contribution < 1.29 is 14.6 Å². The van der Waals surface area contributed by atoms with E-state index in [1.165, 1.54) is 0 Å². The highest BCUT2D eigenvalue weighted by molar-refractivity contribution is 5.95. The molecule has 1 atom stereocenters. The number of ether oxygens (including phenoxy) is 1. The second-order valence-electron chi connectivity index (χ2n) is 4.37. The largest absolute Gasteiger partial charge is 0.508 e. The van der Waals surface area contributed by atoms with Gasteiger partial charge in [-0.2, -0.15) is 0 Å². The van der Waals surface area contributed by atoms with Crippen LogP contribution in [0.1, 0.15) is 30.6 Å². The van der Waals surface area contributed by atoms with Gasteiger partial charge in [0.15, 0.2) is 0 Å². The predicted octanol–water partition coefficient (Wildman–Crippen LogP) is 3.50. The number of fused-ring (bicyclic) bond motifs is 1. The Morgan fingerprint density at radius 3 is 2.61 bits per heavy atom. The third-order valence-electron chi connectivity index (χ3n) is 2.94. The fourth-order valence-electron chi connectivity index (χ4n) is 1.69. The summed E-state index contributed by atoms with van der Waals surface area (Å²) in [6, 6.07) is 10.4. The lowest BCUT2D eigenvalue weighted by Crippen LogP contribution is -2.13. The van der Waals surface area contributed by atoms with Crippen LogP contribution in [0.3, 0.4) is 0 Å². The molecule has 18 heavy (non-hydrogen) atoms. The van der Waals surface area contributed by atoms with Gasteiger partial charge in [-0.05, 0) is 48.4 Å². The van der Waals surface area contributed by atoms with Crippen LogP contribution in [0.15, 0.2) is 36.4 Å². The third kappa shape index (κ3) is 2.62. The average molecular weight is 244 g/mol. The fourth-order valence-corrected chi connectivity index (χ4v) is 1.69. The maximum absolute atomic E-state index is 11.9. The van der Waals surface area contributed by atoms with Crippen molar-refractivity contribution in [3.8, 4) is 5.75 Å². The van der Waals surface area contributed by atoms with Crippen LogP contribution in [0.2, 0.25) is 0 Å². The predicted molar refractivity (Wildman–Crippen MR) is 70.8 cm³/mol. The quantitative estimate of drug-likeness (QED) is 0.840. The van der Waals surface area contributed by atoms with Gasteiger partial charge in [-0.15, -0.1) is 0 Å². The first-order valence-electron chi connectivity index (χ1n) is 6.04. The lowest BCUT2D eigenvalue weighted by Gasteiger charge is -2.11. The number of aromatic hydroxyl groups is 1. The summed E-state index contributed by atoms with van der Waals surface area (Å²) in [6.45, 7) is 3.85. The normalized spacial score (nSPS) is 12.3. The number of phenolic OH excluding ortho intramolecular Hbond substituents is 1. The van der Waals surface area contributed by atoms with Crippen molar-refractivity contribution in [1.82, 2.24) is 0 Å². The van der Waals surface area contributed by atoms with Crippen molar-refractivity contribution in [2.24, 2.45) is 0 Å². The van der Waals surface area contributed by atoms with Crippen LogP contribution >= 0.6 is 0 Å². The maximum Gasteiger partial charge on any atom is 0.338 e. The molecule has 2 aromatic carbocycles. The molecule has 0 radical (unpaired) electrons. The van der Waals surface area contributed by atoms with Crippen molar-refractivity contribution in [2.75, 3.05) is 0 Å². The first-order valence-corrected chi connectivity index (χ1v) is 6.04. The van der Waals surface area contributed by atoms with E-state index in [9.17, 15) is 9.90 Å². The highest BCUT2D eigenvalue weighted by Gasteiger charge is 2.11. The SMILES string of the molecule is CCC(C)OC(=O)c1ccc2cc(O)ccc2c1. The highest BCUT2D eigenvalue weighted by Crippen LogP contribution is 2.21. The molecule has 3 nitrogen and oxygen atoms in total. The number of esters is 1. The fraction of sp³-hybridized carbons (Fsp3) is 0.267. The summed E-state index contributed by atoms with van der Waals surface area (Å²) in [4.78, 5) is 11.9. The Bertz CT molecular complexity index is 575. The van der Waals surface area contributed by atoms with Crippen molar-refractivity contribution in [2.45, 2.75) is 26.4 Å². The number of phenols is 1. The second-order valence-corrected chi connectivity index (χ2v) is 4.37. The minimum Gasteiger partial charge on any atom is -0.508 e. The summed E-state index contributed by atoms with van der Waals surface area (Å²) in [5.41, 5.74) is 0.536. The summed E-state index contributed by atoms with van der Waals surface area (Å²) in [6.07, 6.45) is 0.723. The molecule has 2 rings (SSSR count). The Morgan fingerprint density at radius 1 is 1.22 bits per heavy atom. The van der Waals surface area contributed by atoms with E-state index in [4.69, 9.17) is 4.74 Å². The van der Waals surface area contributed by atoms with Crippen LogP contribution in [0.25, 0.3) is 10.8 Å². The molecule has 1 N–H and O–H groups in total. The number of hydrogen-bond donors (Lipinski definition) is 1. The topological polar surface area (TPSA) is 46.5 Å². The van der Waals surface area contributed by atoms with Gasteiger partial charge in [-0.25, -0.2) is 4.79 Å². The molecule has 0 saturated carbocycles. The van der Waals surface area contributed by atoms with E-state index < -0.39 is 0 Å². The molecule has 0 amide bonds. The van der Waals surface area contributed by atoms with E-state index in [1.54, 1.807) is 30.3 Å². The highest BCUT2D eigenvalue weighted by atomic mass is 16.5. The molecule has 0 aliphatic rings. The van der Waals surface area contributed by atoms with Crippen LogP contribution in [0, 0.1) is 0 Å². The zero-order chi connectivity index (χ0) is 13.1. The third-order valence-corrected chi connectivity index (χ3v) is 2.94. The summed E-state index contributed by atoms with van der Waals surface area (Å²) in [5.74, 6) is -0.0863. The van der Waals surface area contributed by atoms with E-state index in [2.05, 4.69) is 0 Å². The molecular formula is C15H16O3. The van der Waals surface area contributed by atoms with E-state index in [-0.39, 0.29) is 17.8 Å². The van der Waals surface area contributed by atoms with Gasteiger partial charge >= 0.3 is 5.97 Å². The Morgan fingerprint density at radius 2 is 1.89 bits per heavy atom. The van der Waals surface area contributed by atoms with E-state index in [0.29, 0.717) is 5.56 Å². The molecule has 1 unspecified atom stereocenters. The minimum absolute atomic E-state index is 0.0759. The van der Waals surface area contributed by atoms with Gasteiger partial charge in [0, 0.05) is 0 Å². The smallest absolute Gasteiger partial charge is 0.338 e. The van der Waals surface area contributed by atoms with Crippen LogP contribution in [0.5, 0.6) is 5.75 Å². The number of carbonyl (C=O) groups excluding carboxylic acids is 1. The van der Waals surface area contributed by atoms with Gasteiger partial charge in [-0.3, -0.25) is 0 Å². The number of carbonyl (C=O) groups is 1. The van der Waals surface area contributed by atoms with E-state index in [0.717, 1.165) is 17.2 Å². The molecule has 0 aliphatic carbocycles. The average Bonchev–Trinajstić information content (AvgIpc) is 2.37. The Kier molecular flexibility index (Phi) is 3.51. The molecule has 0 aliphatic heterocycles. The minimum atomic E-state index is -0.306. The van der Waals surface area contributed by atoms with Crippen molar-refractivity contribution in [1.29, 1.82) is 0 Å². The van der Waals surface area contributed by atoms with E-state index >= 15 is 0 Å². The summed E-state index contributed by atoms with van der Waals surface area (Å²) >= 11 is 0. The van der Waals surface area contributed by atoms with Crippen molar-refractivity contribution in [3.63, 3.8) is 0 Å². The number of benzene rings is 2.